The third-order valence-corrected chi connectivity index (χ3v) is 2.50. The zero-order valence-electron chi connectivity index (χ0n) is 9.72. The number of halogens is 1. The van der Waals surface area contributed by atoms with Crippen molar-refractivity contribution >= 4 is 11.6 Å². The number of ether oxygens (including phenoxy) is 1. The fourth-order valence-electron chi connectivity index (χ4n) is 1.38. The van der Waals surface area contributed by atoms with Gasteiger partial charge < -0.3 is 20.3 Å². The number of methoxy groups -OCH3 is 1. The van der Waals surface area contributed by atoms with Crippen LogP contribution in [0.1, 0.15) is 18.1 Å². The van der Waals surface area contributed by atoms with Crippen molar-refractivity contribution in [3.05, 3.63) is 17.0 Å². The molecule has 0 bridgehead atoms. The number of aliphatic hydroxyl groups is 2. The van der Waals surface area contributed by atoms with E-state index in [1.807, 2.05) is 0 Å². The van der Waals surface area contributed by atoms with Crippen LogP contribution in [0, 0.1) is 0 Å². The van der Waals surface area contributed by atoms with Crippen molar-refractivity contribution in [3.63, 3.8) is 0 Å². The molecule has 0 aliphatic heterocycles. The van der Waals surface area contributed by atoms with Crippen molar-refractivity contribution in [2.45, 2.75) is 18.6 Å². The van der Waals surface area contributed by atoms with E-state index < -0.39 is 12.2 Å². The number of hydrogen-bond donors (Lipinski definition) is 3. The summed E-state index contributed by atoms with van der Waals surface area (Å²) >= 11 is 5.61. The Bertz CT molecular complexity index is 365. The Labute approximate surface area is 105 Å². The second-order valence-corrected chi connectivity index (χ2v) is 3.85. The van der Waals surface area contributed by atoms with Crippen LogP contribution in [-0.4, -0.2) is 47.0 Å². The molecular weight excluding hydrogens is 246 g/mol. The molecule has 3 N–H and O–H groups in total. The molecule has 0 aliphatic carbocycles. The van der Waals surface area contributed by atoms with Gasteiger partial charge in [-0.15, -0.1) is 0 Å². The van der Waals surface area contributed by atoms with Gasteiger partial charge in [0, 0.05) is 6.20 Å². The van der Waals surface area contributed by atoms with Crippen LogP contribution in [0.5, 0.6) is 5.88 Å². The third-order valence-electron chi connectivity index (χ3n) is 2.32. The maximum absolute atomic E-state index is 9.94. The fourth-order valence-corrected chi connectivity index (χ4v) is 1.50. The van der Waals surface area contributed by atoms with Crippen molar-refractivity contribution in [1.82, 2.24) is 15.3 Å². The average molecular weight is 262 g/mol. The van der Waals surface area contributed by atoms with E-state index in [0.717, 1.165) is 0 Å². The maximum Gasteiger partial charge on any atom is 0.225 e. The summed E-state index contributed by atoms with van der Waals surface area (Å²) in [7, 11) is 3.18. The number of rotatable bonds is 6. The second-order valence-electron chi connectivity index (χ2n) is 3.51. The molecule has 0 saturated heterocycles. The van der Waals surface area contributed by atoms with Crippen molar-refractivity contribution in [2.75, 3.05) is 20.7 Å². The molecule has 96 valence electrons. The number of aromatic nitrogens is 2. The molecule has 17 heavy (non-hydrogen) atoms. The molecule has 0 fully saturated rings. The van der Waals surface area contributed by atoms with Gasteiger partial charge in [0.05, 0.1) is 18.8 Å². The lowest BCUT2D eigenvalue weighted by atomic mass is 10.0. The molecular formula is C10H16ClN3O3. The highest BCUT2D eigenvalue weighted by atomic mass is 35.5. The molecule has 0 radical (unpaired) electrons. The summed E-state index contributed by atoms with van der Waals surface area (Å²) in [6, 6.07) is 0. The second kappa shape index (κ2) is 6.70. The van der Waals surface area contributed by atoms with Gasteiger partial charge in [-0.3, -0.25) is 0 Å². The minimum absolute atomic E-state index is 0.0301. The summed E-state index contributed by atoms with van der Waals surface area (Å²) in [5, 5.41) is 22.6. The molecule has 1 heterocycles. The number of aliphatic hydroxyl groups excluding tert-OH is 2. The van der Waals surface area contributed by atoms with Gasteiger partial charge in [0.25, 0.3) is 0 Å². The first kappa shape index (κ1) is 14.1. The van der Waals surface area contributed by atoms with Gasteiger partial charge in [-0.2, -0.15) is 4.98 Å². The van der Waals surface area contributed by atoms with Crippen LogP contribution in [-0.2, 0) is 0 Å². The first-order valence-corrected chi connectivity index (χ1v) is 5.55. The van der Waals surface area contributed by atoms with Gasteiger partial charge in [-0.1, -0.05) is 0 Å². The summed E-state index contributed by atoms with van der Waals surface area (Å²) < 4.78 is 4.98. The Morgan fingerprint density at radius 2 is 2.24 bits per heavy atom. The predicted molar refractivity (Wildman–Crippen MR) is 63.1 cm³/mol. The Morgan fingerprint density at radius 1 is 1.53 bits per heavy atom. The van der Waals surface area contributed by atoms with E-state index in [-0.39, 0.29) is 11.2 Å². The average Bonchev–Trinajstić information content (AvgIpc) is 2.34. The highest BCUT2D eigenvalue weighted by Gasteiger charge is 2.23. The van der Waals surface area contributed by atoms with Crippen LogP contribution >= 0.6 is 11.6 Å². The van der Waals surface area contributed by atoms with Crippen molar-refractivity contribution in [2.24, 2.45) is 0 Å². The summed E-state index contributed by atoms with van der Waals surface area (Å²) in [4.78, 5) is 7.58. The van der Waals surface area contributed by atoms with Crippen LogP contribution in [0.4, 0.5) is 0 Å². The van der Waals surface area contributed by atoms with E-state index in [4.69, 9.17) is 16.3 Å². The standard InChI is InChI=1S/C10H16ClN3O3/c1-12-4-3-7(15)8(16)6-5-13-10(11)14-9(6)17-2/h5,7-8,12,15-16H,3-4H2,1-2H3. The summed E-state index contributed by atoms with van der Waals surface area (Å²) in [6.45, 7) is 0.592. The van der Waals surface area contributed by atoms with Crippen LogP contribution in [0.2, 0.25) is 5.28 Å². The van der Waals surface area contributed by atoms with E-state index in [2.05, 4.69) is 15.3 Å². The first-order chi connectivity index (χ1) is 8.10. The minimum Gasteiger partial charge on any atom is -0.481 e. The summed E-state index contributed by atoms with van der Waals surface area (Å²) in [5.41, 5.74) is 0.320. The van der Waals surface area contributed by atoms with Crippen molar-refractivity contribution < 1.29 is 14.9 Å². The van der Waals surface area contributed by atoms with Gasteiger partial charge in [0.2, 0.25) is 11.2 Å². The normalized spacial score (nSPS) is 14.4. The van der Waals surface area contributed by atoms with Gasteiger partial charge in [0.1, 0.15) is 6.10 Å². The van der Waals surface area contributed by atoms with Gasteiger partial charge in [-0.25, -0.2) is 4.98 Å². The largest absolute Gasteiger partial charge is 0.481 e. The Morgan fingerprint density at radius 3 is 2.82 bits per heavy atom. The fraction of sp³-hybridized carbons (Fsp3) is 0.600. The zero-order valence-corrected chi connectivity index (χ0v) is 10.5. The molecule has 1 aromatic heterocycles. The van der Waals surface area contributed by atoms with Crippen LogP contribution in [0.25, 0.3) is 0 Å². The monoisotopic (exact) mass is 261 g/mol. The number of nitrogens with one attached hydrogen (secondary N) is 1. The van der Waals surface area contributed by atoms with E-state index >= 15 is 0 Å². The molecule has 2 unspecified atom stereocenters. The lowest BCUT2D eigenvalue weighted by Gasteiger charge is -2.19. The SMILES string of the molecule is CNCCC(O)C(O)c1cnc(Cl)nc1OC. The van der Waals surface area contributed by atoms with E-state index in [1.165, 1.54) is 13.3 Å². The zero-order chi connectivity index (χ0) is 12.8. The van der Waals surface area contributed by atoms with Crippen LogP contribution < -0.4 is 10.1 Å². The summed E-state index contributed by atoms with van der Waals surface area (Å²) in [5.74, 6) is 0.168. The number of hydrogen-bond acceptors (Lipinski definition) is 6. The predicted octanol–water partition coefficient (Wildman–Crippen LogP) is 0.142. The van der Waals surface area contributed by atoms with Crippen LogP contribution in [0.3, 0.4) is 0 Å². The molecule has 0 amide bonds. The smallest absolute Gasteiger partial charge is 0.225 e. The Balaban J connectivity index is 2.83. The molecule has 6 nitrogen and oxygen atoms in total. The summed E-state index contributed by atoms with van der Waals surface area (Å²) in [6.07, 6.45) is -0.262. The van der Waals surface area contributed by atoms with Gasteiger partial charge in [-0.05, 0) is 31.6 Å². The highest BCUT2D eigenvalue weighted by molar-refractivity contribution is 6.28. The topological polar surface area (TPSA) is 87.5 Å². The molecule has 1 aromatic rings. The molecule has 1 rings (SSSR count). The van der Waals surface area contributed by atoms with E-state index in [9.17, 15) is 10.2 Å². The third kappa shape index (κ3) is 3.78. The first-order valence-electron chi connectivity index (χ1n) is 5.17. The highest BCUT2D eigenvalue weighted by Crippen LogP contribution is 2.26. The van der Waals surface area contributed by atoms with Gasteiger partial charge >= 0.3 is 0 Å². The quantitative estimate of drug-likeness (QED) is 0.632. The molecule has 0 saturated carbocycles. The molecule has 7 heteroatoms. The van der Waals surface area contributed by atoms with Crippen LogP contribution in [0.15, 0.2) is 6.20 Å². The Hall–Kier alpha value is -0.950. The molecule has 2 atom stereocenters. The number of nitrogens with zero attached hydrogens (tertiary/aromatic N) is 2. The molecule has 0 spiro atoms. The van der Waals surface area contributed by atoms with E-state index in [1.54, 1.807) is 7.05 Å². The van der Waals surface area contributed by atoms with Crippen molar-refractivity contribution in [3.8, 4) is 5.88 Å². The van der Waals surface area contributed by atoms with Crippen molar-refractivity contribution in [1.29, 1.82) is 0 Å². The van der Waals surface area contributed by atoms with Gasteiger partial charge in [0.15, 0.2) is 0 Å². The minimum atomic E-state index is -1.10. The molecule has 0 aromatic carbocycles. The lowest BCUT2D eigenvalue weighted by molar-refractivity contribution is 0.0121. The van der Waals surface area contributed by atoms with E-state index in [0.29, 0.717) is 18.5 Å². The molecule has 0 aliphatic rings. The lowest BCUT2D eigenvalue weighted by Crippen LogP contribution is -2.24. The Kier molecular flexibility index (Phi) is 5.57. The maximum atomic E-state index is 9.94.